The maximum atomic E-state index is 11.6. The molecular formula is C12H11N5NaO6P. The van der Waals surface area contributed by atoms with Crippen LogP contribution < -0.4 is 34.5 Å². The van der Waals surface area contributed by atoms with Crippen molar-refractivity contribution in [2.24, 2.45) is 0 Å². The fourth-order valence-corrected chi connectivity index (χ4v) is 4.30. The normalized spacial score (nSPS) is 34.5. The van der Waals surface area contributed by atoms with Gasteiger partial charge in [0.1, 0.15) is 24.6 Å². The van der Waals surface area contributed by atoms with Gasteiger partial charge in [-0.2, -0.15) is 0 Å². The molecule has 3 aromatic rings. The Morgan fingerprint density at radius 3 is 2.80 bits per heavy atom. The third-order valence-electron chi connectivity index (χ3n) is 4.19. The number of hydrogen-bond acceptors (Lipinski definition) is 9. The standard InChI is InChI=1S/C12H12N5O6P.Na/c18-3-6-8-9(23-24(19,20)22-8)12(21-6)17-5-14-7-10-13-1-2-16(10)4-15-11(7)17;/h1-2,4-6,8-9,12,18H,3H2,(H,19,20);/q;+1/p-1/t6-,8-,9-,12-;/m1./s1. The summed E-state index contributed by atoms with van der Waals surface area (Å²) in [7, 11) is -4.41. The molecule has 2 saturated heterocycles. The first kappa shape index (κ1) is 17.5. The predicted octanol–water partition coefficient (Wildman–Crippen LogP) is -3.77. The average molecular weight is 375 g/mol. The Labute approximate surface area is 162 Å². The molecular weight excluding hydrogens is 364 g/mol. The number of ether oxygens (including phenoxy) is 1. The van der Waals surface area contributed by atoms with Crippen molar-refractivity contribution < 1.29 is 57.9 Å². The van der Waals surface area contributed by atoms with Gasteiger partial charge in [0.25, 0.3) is 7.82 Å². The quantitative estimate of drug-likeness (QED) is 0.353. The Morgan fingerprint density at radius 1 is 1.20 bits per heavy atom. The Hall–Kier alpha value is -0.880. The Morgan fingerprint density at radius 2 is 2.00 bits per heavy atom. The first-order valence-corrected chi connectivity index (χ1v) is 8.62. The third kappa shape index (κ3) is 2.59. The minimum Gasteiger partial charge on any atom is -0.756 e. The number of rotatable bonds is 2. The van der Waals surface area contributed by atoms with Crippen molar-refractivity contribution in [3.8, 4) is 0 Å². The summed E-state index contributed by atoms with van der Waals surface area (Å²) in [6, 6.07) is 0. The molecule has 5 atom stereocenters. The molecule has 2 aliphatic rings. The van der Waals surface area contributed by atoms with Crippen LogP contribution in [0.1, 0.15) is 6.23 Å². The number of aromatic nitrogens is 5. The molecule has 126 valence electrons. The molecule has 13 heteroatoms. The molecule has 2 aliphatic heterocycles. The average Bonchev–Trinajstić information content (AvgIpc) is 3.26. The van der Waals surface area contributed by atoms with Crippen molar-refractivity contribution in [3.05, 3.63) is 25.0 Å². The second-order valence-corrected chi connectivity index (χ2v) is 6.88. The van der Waals surface area contributed by atoms with Crippen molar-refractivity contribution in [3.63, 3.8) is 0 Å². The predicted molar refractivity (Wildman–Crippen MR) is 74.6 cm³/mol. The summed E-state index contributed by atoms with van der Waals surface area (Å²) in [6.45, 7) is -0.397. The van der Waals surface area contributed by atoms with E-state index in [1.165, 1.54) is 6.33 Å². The van der Waals surface area contributed by atoms with Crippen LogP contribution in [0.25, 0.3) is 16.8 Å². The molecule has 0 amide bonds. The van der Waals surface area contributed by atoms with Crippen molar-refractivity contribution in [2.45, 2.75) is 24.5 Å². The molecule has 1 unspecified atom stereocenters. The van der Waals surface area contributed by atoms with Crippen LogP contribution in [0.5, 0.6) is 0 Å². The van der Waals surface area contributed by atoms with E-state index in [0.29, 0.717) is 16.8 Å². The van der Waals surface area contributed by atoms with Crippen LogP contribution in [0.2, 0.25) is 0 Å². The molecule has 2 fully saturated rings. The zero-order chi connectivity index (χ0) is 16.5. The molecule has 25 heavy (non-hydrogen) atoms. The SMILES string of the molecule is O=P1([O-])O[C@@H]2[C@H](O1)[C@@H](CO)O[C@H]2n1cnc2c1ncn1ccnc21.[Na+]. The van der Waals surface area contributed by atoms with Gasteiger partial charge in [-0.1, -0.05) is 0 Å². The Bertz CT molecular complexity index is 993. The minimum atomic E-state index is -4.41. The van der Waals surface area contributed by atoms with E-state index in [1.807, 2.05) is 0 Å². The van der Waals surface area contributed by atoms with E-state index in [9.17, 15) is 14.6 Å². The van der Waals surface area contributed by atoms with E-state index in [2.05, 4.69) is 15.0 Å². The fourth-order valence-electron chi connectivity index (χ4n) is 3.17. The number of aliphatic hydroxyl groups excluding tert-OH is 1. The summed E-state index contributed by atoms with van der Waals surface area (Å²) in [4.78, 5) is 24.5. The smallest absolute Gasteiger partial charge is 0.756 e. The molecule has 1 N–H and O–H groups in total. The summed E-state index contributed by atoms with van der Waals surface area (Å²) < 4.78 is 30.5. The van der Waals surface area contributed by atoms with Crippen LogP contribution in [0, 0.1) is 0 Å². The zero-order valence-corrected chi connectivity index (χ0v) is 15.9. The first-order valence-electron chi connectivity index (χ1n) is 7.16. The zero-order valence-electron chi connectivity index (χ0n) is 13.0. The first-order chi connectivity index (χ1) is 11.6. The fraction of sp³-hybridized carbons (Fsp3) is 0.417. The number of aliphatic hydroxyl groups is 1. The van der Waals surface area contributed by atoms with Gasteiger partial charge in [-0.3, -0.25) is 13.5 Å². The number of imidazole rings is 2. The summed E-state index contributed by atoms with van der Waals surface area (Å²) in [5.41, 5.74) is 1.62. The second kappa shape index (κ2) is 6.08. The molecule has 0 spiro atoms. The van der Waals surface area contributed by atoms with Crippen LogP contribution in [0.4, 0.5) is 0 Å². The minimum absolute atomic E-state index is 0. The largest absolute Gasteiger partial charge is 1.00 e. The number of phosphoric ester groups is 1. The number of nitrogens with zero attached hydrogens (tertiary/aromatic N) is 5. The van der Waals surface area contributed by atoms with Crippen LogP contribution >= 0.6 is 7.82 Å². The molecule has 0 saturated carbocycles. The van der Waals surface area contributed by atoms with Gasteiger partial charge in [0, 0.05) is 12.4 Å². The Kier molecular flexibility index (Phi) is 4.27. The van der Waals surface area contributed by atoms with Gasteiger partial charge in [0.05, 0.1) is 12.9 Å². The molecule has 0 aromatic carbocycles. The van der Waals surface area contributed by atoms with Gasteiger partial charge in [-0.15, -0.1) is 0 Å². The molecule has 5 rings (SSSR count). The van der Waals surface area contributed by atoms with Gasteiger partial charge < -0.3 is 23.8 Å². The van der Waals surface area contributed by atoms with Gasteiger partial charge >= 0.3 is 29.6 Å². The van der Waals surface area contributed by atoms with Crippen molar-refractivity contribution in [2.75, 3.05) is 6.61 Å². The summed E-state index contributed by atoms with van der Waals surface area (Å²) in [6.07, 6.45) is 2.93. The van der Waals surface area contributed by atoms with Crippen LogP contribution in [0.15, 0.2) is 25.0 Å². The van der Waals surface area contributed by atoms with Crippen LogP contribution in [0.3, 0.4) is 0 Å². The maximum Gasteiger partial charge on any atom is 1.00 e. The topological polar surface area (TPSA) is 136 Å². The maximum absolute atomic E-state index is 11.6. The number of phosphoric acid groups is 1. The van der Waals surface area contributed by atoms with Crippen LogP contribution in [-0.4, -0.2) is 53.9 Å². The van der Waals surface area contributed by atoms with Gasteiger partial charge in [0.2, 0.25) is 0 Å². The van der Waals surface area contributed by atoms with Gasteiger partial charge in [-0.25, -0.2) is 15.0 Å². The molecule has 5 heterocycles. The summed E-state index contributed by atoms with van der Waals surface area (Å²) >= 11 is 0. The van der Waals surface area contributed by atoms with Crippen molar-refractivity contribution in [1.82, 2.24) is 23.9 Å². The number of hydrogen-bond donors (Lipinski definition) is 1. The Balaban J connectivity index is 0.00000157. The molecule has 0 bridgehead atoms. The third-order valence-corrected chi connectivity index (χ3v) is 5.20. The van der Waals surface area contributed by atoms with E-state index < -0.39 is 39.0 Å². The summed E-state index contributed by atoms with van der Waals surface area (Å²) in [5, 5.41) is 9.42. The molecule has 0 aliphatic carbocycles. The molecule has 3 aromatic heterocycles. The molecule has 11 nitrogen and oxygen atoms in total. The van der Waals surface area contributed by atoms with Crippen molar-refractivity contribution >= 4 is 24.6 Å². The summed E-state index contributed by atoms with van der Waals surface area (Å²) in [5.74, 6) is 0. The second-order valence-electron chi connectivity index (χ2n) is 5.56. The van der Waals surface area contributed by atoms with E-state index >= 15 is 0 Å². The molecule has 0 radical (unpaired) electrons. The van der Waals surface area contributed by atoms with Crippen LogP contribution in [-0.2, 0) is 18.3 Å². The van der Waals surface area contributed by atoms with E-state index in [4.69, 9.17) is 13.8 Å². The van der Waals surface area contributed by atoms with E-state index in [0.717, 1.165) is 0 Å². The number of fused-ring (bicyclic) bond motifs is 4. The van der Waals surface area contributed by atoms with Crippen molar-refractivity contribution in [1.29, 1.82) is 0 Å². The van der Waals surface area contributed by atoms with E-state index in [1.54, 1.807) is 27.7 Å². The van der Waals surface area contributed by atoms with Gasteiger partial charge in [0.15, 0.2) is 23.0 Å². The monoisotopic (exact) mass is 375 g/mol. The van der Waals surface area contributed by atoms with Gasteiger partial charge in [-0.05, 0) is 0 Å². The van der Waals surface area contributed by atoms with E-state index in [-0.39, 0.29) is 29.6 Å².